The van der Waals surface area contributed by atoms with Crippen LogP contribution in [0.5, 0.6) is 5.75 Å². The number of nitrogens with zero attached hydrogens (tertiary/aromatic N) is 1. The van der Waals surface area contributed by atoms with Crippen molar-refractivity contribution in [1.82, 2.24) is 4.90 Å². The Bertz CT molecular complexity index is 421. The van der Waals surface area contributed by atoms with Gasteiger partial charge in [-0.15, -0.1) is 11.6 Å². The maximum absolute atomic E-state index is 12.2. The van der Waals surface area contributed by atoms with Crippen molar-refractivity contribution in [2.45, 2.75) is 18.7 Å². The highest BCUT2D eigenvalue weighted by Gasteiger charge is 2.17. The second kappa shape index (κ2) is 6.86. The minimum absolute atomic E-state index is 0.0431. The normalized spacial score (nSPS) is 12.1. The van der Waals surface area contributed by atoms with Crippen LogP contribution in [0.15, 0.2) is 18.2 Å². The van der Waals surface area contributed by atoms with Gasteiger partial charge in [-0.1, -0.05) is 11.6 Å². The molecule has 0 heterocycles. The van der Waals surface area contributed by atoms with Crippen molar-refractivity contribution in [1.29, 1.82) is 0 Å². The summed E-state index contributed by atoms with van der Waals surface area (Å²) in [6, 6.07) is 4.99. The second-order valence-electron chi connectivity index (χ2n) is 4.14. The molecule has 0 saturated carbocycles. The Kier molecular flexibility index (Phi) is 5.76. The van der Waals surface area contributed by atoms with E-state index in [1.54, 1.807) is 30.1 Å². The number of benzene rings is 1. The van der Waals surface area contributed by atoms with Crippen LogP contribution in [0.2, 0.25) is 5.02 Å². The lowest BCUT2D eigenvalue weighted by Gasteiger charge is -2.19. The number of amides is 1. The summed E-state index contributed by atoms with van der Waals surface area (Å²) >= 11 is 11.8. The summed E-state index contributed by atoms with van der Waals surface area (Å²) in [5, 5.41) is 0.555. The lowest BCUT2D eigenvalue weighted by Crippen LogP contribution is -2.29. The molecule has 0 aromatic heterocycles. The number of halogens is 2. The van der Waals surface area contributed by atoms with Gasteiger partial charge in [-0.25, -0.2) is 0 Å². The third-order valence-electron chi connectivity index (χ3n) is 2.60. The summed E-state index contributed by atoms with van der Waals surface area (Å²) < 4.78 is 5.17. The molecule has 0 aliphatic carbocycles. The van der Waals surface area contributed by atoms with Crippen LogP contribution in [0.3, 0.4) is 0 Å². The Labute approximate surface area is 118 Å². The number of ether oxygens (including phenoxy) is 1. The van der Waals surface area contributed by atoms with E-state index in [4.69, 9.17) is 27.9 Å². The number of hydrogen-bond donors (Lipinski definition) is 0. The Morgan fingerprint density at radius 1 is 1.50 bits per heavy atom. The summed E-state index contributed by atoms with van der Waals surface area (Å²) in [5.74, 6) is 0.404. The number of rotatable bonds is 5. The van der Waals surface area contributed by atoms with Crippen molar-refractivity contribution in [3.63, 3.8) is 0 Å². The van der Waals surface area contributed by atoms with Crippen molar-refractivity contribution in [2.24, 2.45) is 0 Å². The van der Waals surface area contributed by atoms with Gasteiger partial charge in [-0.05, 0) is 31.5 Å². The van der Waals surface area contributed by atoms with Crippen molar-refractivity contribution < 1.29 is 9.53 Å². The summed E-state index contributed by atoms with van der Waals surface area (Å²) in [5.41, 5.74) is 0.467. The highest BCUT2D eigenvalue weighted by Crippen LogP contribution is 2.23. The van der Waals surface area contributed by atoms with Crippen LogP contribution < -0.4 is 4.74 Å². The van der Waals surface area contributed by atoms with E-state index in [2.05, 4.69) is 0 Å². The van der Waals surface area contributed by atoms with Gasteiger partial charge in [0, 0.05) is 24.0 Å². The van der Waals surface area contributed by atoms with E-state index >= 15 is 0 Å². The van der Waals surface area contributed by atoms with Crippen molar-refractivity contribution in [2.75, 3.05) is 20.7 Å². The maximum atomic E-state index is 12.2. The second-order valence-corrected chi connectivity index (χ2v) is 5.32. The molecule has 1 aromatic carbocycles. The van der Waals surface area contributed by atoms with Gasteiger partial charge < -0.3 is 9.64 Å². The molecule has 1 rings (SSSR count). The average Bonchev–Trinajstić information content (AvgIpc) is 2.34. The van der Waals surface area contributed by atoms with Crippen molar-refractivity contribution in [3.05, 3.63) is 28.8 Å². The Balaban J connectivity index is 2.85. The predicted octanol–water partition coefficient (Wildman–Crippen LogP) is 3.44. The molecule has 100 valence electrons. The fourth-order valence-corrected chi connectivity index (χ4v) is 1.80. The first-order chi connectivity index (χ1) is 8.45. The molecule has 0 N–H and O–H groups in total. The number of methoxy groups -OCH3 is 1. The Morgan fingerprint density at radius 2 is 2.17 bits per heavy atom. The van der Waals surface area contributed by atoms with E-state index in [1.807, 2.05) is 6.92 Å². The monoisotopic (exact) mass is 289 g/mol. The fraction of sp³-hybridized carbons (Fsp3) is 0.462. The minimum atomic E-state index is -0.119. The third kappa shape index (κ3) is 4.07. The molecule has 0 aliphatic rings. The van der Waals surface area contributed by atoms with Gasteiger partial charge in [0.15, 0.2) is 0 Å². The van der Waals surface area contributed by atoms with E-state index in [1.165, 1.54) is 7.11 Å². The van der Waals surface area contributed by atoms with Crippen LogP contribution in [0.4, 0.5) is 0 Å². The molecule has 1 aromatic rings. The predicted molar refractivity (Wildman–Crippen MR) is 74.9 cm³/mol. The minimum Gasteiger partial charge on any atom is -0.496 e. The van der Waals surface area contributed by atoms with Crippen LogP contribution in [0.1, 0.15) is 23.7 Å². The molecule has 0 saturated heterocycles. The zero-order chi connectivity index (χ0) is 13.7. The van der Waals surface area contributed by atoms with Crippen LogP contribution in [-0.4, -0.2) is 36.9 Å². The van der Waals surface area contributed by atoms with Crippen LogP contribution in [-0.2, 0) is 0 Å². The molecule has 1 unspecified atom stereocenters. The van der Waals surface area contributed by atoms with E-state index in [-0.39, 0.29) is 11.3 Å². The van der Waals surface area contributed by atoms with Gasteiger partial charge in [0.2, 0.25) is 0 Å². The summed E-state index contributed by atoms with van der Waals surface area (Å²) in [6.45, 7) is 2.50. The Hall–Kier alpha value is -0.930. The lowest BCUT2D eigenvalue weighted by atomic mass is 10.1. The van der Waals surface area contributed by atoms with Crippen molar-refractivity contribution >= 4 is 29.1 Å². The molecule has 3 nitrogen and oxygen atoms in total. The van der Waals surface area contributed by atoms with E-state index in [0.29, 0.717) is 22.9 Å². The molecule has 1 atom stereocenters. The number of hydrogen-bond acceptors (Lipinski definition) is 2. The van der Waals surface area contributed by atoms with E-state index in [9.17, 15) is 4.79 Å². The summed E-state index contributed by atoms with van der Waals surface area (Å²) in [6.07, 6.45) is 0.743. The Morgan fingerprint density at radius 3 is 2.72 bits per heavy atom. The lowest BCUT2D eigenvalue weighted by molar-refractivity contribution is 0.0790. The number of alkyl halides is 1. The molecule has 0 bridgehead atoms. The first-order valence-electron chi connectivity index (χ1n) is 5.68. The molecule has 0 fully saturated rings. The van der Waals surface area contributed by atoms with Gasteiger partial charge in [0.1, 0.15) is 5.75 Å². The molecule has 0 aliphatic heterocycles. The molecule has 5 heteroatoms. The fourth-order valence-electron chi connectivity index (χ4n) is 1.53. The largest absolute Gasteiger partial charge is 0.496 e. The topological polar surface area (TPSA) is 29.5 Å². The van der Waals surface area contributed by atoms with Gasteiger partial charge in [0.25, 0.3) is 5.91 Å². The van der Waals surface area contributed by atoms with Gasteiger partial charge in [-0.2, -0.15) is 0 Å². The van der Waals surface area contributed by atoms with Gasteiger partial charge in [-0.3, -0.25) is 4.79 Å². The van der Waals surface area contributed by atoms with Gasteiger partial charge in [0.05, 0.1) is 12.7 Å². The number of carbonyl (C=O) groups excluding carboxylic acids is 1. The molecule has 0 radical (unpaired) electrons. The summed E-state index contributed by atoms with van der Waals surface area (Å²) in [4.78, 5) is 13.9. The molecule has 1 amide bonds. The first kappa shape index (κ1) is 15.1. The highest BCUT2D eigenvalue weighted by molar-refractivity contribution is 6.31. The zero-order valence-corrected chi connectivity index (χ0v) is 12.3. The molecular formula is C13H17Cl2NO2. The standard InChI is InChI=1S/C13H17Cl2NO2/c1-9(14)6-7-16(2)13(17)11-8-10(15)4-5-12(11)18-3/h4-5,8-9H,6-7H2,1-3H3. The summed E-state index contributed by atoms with van der Waals surface area (Å²) in [7, 11) is 3.27. The van der Waals surface area contributed by atoms with Gasteiger partial charge >= 0.3 is 0 Å². The van der Waals surface area contributed by atoms with E-state index in [0.717, 1.165) is 6.42 Å². The average molecular weight is 290 g/mol. The van der Waals surface area contributed by atoms with E-state index < -0.39 is 0 Å². The molecular weight excluding hydrogens is 273 g/mol. The van der Waals surface area contributed by atoms with Crippen LogP contribution in [0, 0.1) is 0 Å². The SMILES string of the molecule is COc1ccc(Cl)cc1C(=O)N(C)CCC(C)Cl. The molecule has 18 heavy (non-hydrogen) atoms. The van der Waals surface area contributed by atoms with Crippen LogP contribution >= 0.6 is 23.2 Å². The quantitative estimate of drug-likeness (QED) is 0.777. The van der Waals surface area contributed by atoms with Crippen molar-refractivity contribution in [3.8, 4) is 5.75 Å². The van der Waals surface area contributed by atoms with Crippen LogP contribution in [0.25, 0.3) is 0 Å². The number of carbonyl (C=O) groups is 1. The molecule has 0 spiro atoms. The maximum Gasteiger partial charge on any atom is 0.257 e. The third-order valence-corrected chi connectivity index (χ3v) is 3.05. The highest BCUT2D eigenvalue weighted by atomic mass is 35.5. The first-order valence-corrected chi connectivity index (χ1v) is 6.50. The smallest absolute Gasteiger partial charge is 0.257 e. The zero-order valence-electron chi connectivity index (χ0n) is 10.7.